The largest absolute Gasteiger partial charge is 0.398 e. The fourth-order valence-corrected chi connectivity index (χ4v) is 2.75. The van der Waals surface area contributed by atoms with E-state index in [4.69, 9.17) is 5.73 Å². The standard InChI is InChI=1S/C13H12N4OS/c14-9-7-10-8(2-3-12(18)17-10)6-11(9)19-13-15-4-1-5-16-13/h1,4-7H,2-3,14H2,(H,17,18). The summed E-state index contributed by atoms with van der Waals surface area (Å²) < 4.78 is 0. The molecule has 0 radical (unpaired) electrons. The predicted molar refractivity (Wildman–Crippen MR) is 74.0 cm³/mol. The summed E-state index contributed by atoms with van der Waals surface area (Å²) >= 11 is 1.43. The minimum absolute atomic E-state index is 0.0405. The van der Waals surface area contributed by atoms with Crippen LogP contribution in [-0.2, 0) is 11.2 Å². The number of nitrogens with one attached hydrogen (secondary N) is 1. The molecule has 0 unspecified atom stereocenters. The van der Waals surface area contributed by atoms with Crippen LogP contribution in [0.2, 0.25) is 0 Å². The van der Waals surface area contributed by atoms with E-state index in [2.05, 4.69) is 15.3 Å². The van der Waals surface area contributed by atoms with Crippen molar-refractivity contribution in [1.29, 1.82) is 0 Å². The highest BCUT2D eigenvalue weighted by Crippen LogP contribution is 2.35. The van der Waals surface area contributed by atoms with Gasteiger partial charge in [0.2, 0.25) is 5.91 Å². The molecule has 0 fully saturated rings. The zero-order valence-corrected chi connectivity index (χ0v) is 10.9. The summed E-state index contributed by atoms with van der Waals surface area (Å²) in [6.07, 6.45) is 4.65. The fraction of sp³-hybridized carbons (Fsp3) is 0.154. The van der Waals surface area contributed by atoms with E-state index >= 15 is 0 Å². The molecule has 3 N–H and O–H groups in total. The van der Waals surface area contributed by atoms with E-state index in [1.54, 1.807) is 24.5 Å². The summed E-state index contributed by atoms with van der Waals surface area (Å²) in [6.45, 7) is 0. The number of nitrogens with zero attached hydrogens (tertiary/aromatic N) is 2. The molecule has 3 rings (SSSR count). The Morgan fingerprint density at radius 2 is 2.00 bits per heavy atom. The Kier molecular flexibility index (Phi) is 3.08. The molecule has 0 aliphatic carbocycles. The lowest BCUT2D eigenvalue weighted by Crippen LogP contribution is -2.19. The maximum absolute atomic E-state index is 11.3. The van der Waals surface area contributed by atoms with Gasteiger partial charge in [-0.1, -0.05) is 0 Å². The topological polar surface area (TPSA) is 80.9 Å². The van der Waals surface area contributed by atoms with Crippen LogP contribution in [0.15, 0.2) is 40.6 Å². The van der Waals surface area contributed by atoms with Gasteiger partial charge < -0.3 is 11.1 Å². The number of benzene rings is 1. The van der Waals surface area contributed by atoms with Crippen LogP contribution in [0.4, 0.5) is 11.4 Å². The second-order valence-electron chi connectivity index (χ2n) is 4.23. The molecule has 1 aromatic carbocycles. The van der Waals surface area contributed by atoms with Crippen LogP contribution in [0.5, 0.6) is 0 Å². The molecule has 0 spiro atoms. The molecule has 0 atom stereocenters. The molecule has 19 heavy (non-hydrogen) atoms. The molecule has 6 heteroatoms. The van der Waals surface area contributed by atoms with Crippen molar-refractivity contribution in [3.05, 3.63) is 36.2 Å². The molecule has 1 amide bonds. The molecule has 0 bridgehead atoms. The highest BCUT2D eigenvalue weighted by Gasteiger charge is 2.17. The number of aromatic nitrogens is 2. The number of carbonyl (C=O) groups is 1. The number of anilines is 2. The van der Waals surface area contributed by atoms with Crippen LogP contribution in [0.25, 0.3) is 0 Å². The molecule has 5 nitrogen and oxygen atoms in total. The van der Waals surface area contributed by atoms with Crippen LogP contribution in [0.3, 0.4) is 0 Å². The van der Waals surface area contributed by atoms with Crippen molar-refractivity contribution < 1.29 is 4.79 Å². The zero-order chi connectivity index (χ0) is 13.2. The van der Waals surface area contributed by atoms with Crippen LogP contribution in [-0.4, -0.2) is 15.9 Å². The number of amides is 1. The number of hydrogen-bond donors (Lipinski definition) is 2. The average Bonchev–Trinajstić information content (AvgIpc) is 2.41. The minimum Gasteiger partial charge on any atom is -0.398 e. The number of carbonyl (C=O) groups excluding carboxylic acids is 1. The Balaban J connectivity index is 1.93. The van der Waals surface area contributed by atoms with Crippen molar-refractivity contribution in [2.24, 2.45) is 0 Å². The highest BCUT2D eigenvalue weighted by molar-refractivity contribution is 7.99. The van der Waals surface area contributed by atoms with Gasteiger partial charge in [-0.05, 0) is 41.9 Å². The third kappa shape index (κ3) is 2.53. The van der Waals surface area contributed by atoms with Gasteiger partial charge >= 0.3 is 0 Å². The third-order valence-electron chi connectivity index (χ3n) is 2.87. The average molecular weight is 272 g/mol. The molecule has 1 aliphatic rings. The smallest absolute Gasteiger partial charge is 0.224 e. The van der Waals surface area contributed by atoms with Gasteiger partial charge in [-0.3, -0.25) is 4.79 Å². The van der Waals surface area contributed by atoms with Gasteiger partial charge in [0.25, 0.3) is 0 Å². The Labute approximate surface area is 114 Å². The first-order valence-electron chi connectivity index (χ1n) is 5.89. The van der Waals surface area contributed by atoms with Crippen LogP contribution >= 0.6 is 11.8 Å². The quantitative estimate of drug-likeness (QED) is 0.646. The van der Waals surface area contributed by atoms with E-state index in [1.807, 2.05) is 6.07 Å². The molecule has 0 saturated heterocycles. The number of rotatable bonds is 2. The summed E-state index contributed by atoms with van der Waals surface area (Å²) in [4.78, 5) is 20.6. The first kappa shape index (κ1) is 12.0. The molecular formula is C13H12N4OS. The van der Waals surface area contributed by atoms with E-state index in [-0.39, 0.29) is 5.91 Å². The molecule has 1 aliphatic heterocycles. The van der Waals surface area contributed by atoms with Gasteiger partial charge in [-0.2, -0.15) is 0 Å². The monoisotopic (exact) mass is 272 g/mol. The summed E-state index contributed by atoms with van der Waals surface area (Å²) in [5.41, 5.74) is 8.55. The molecular weight excluding hydrogens is 260 g/mol. The maximum atomic E-state index is 11.3. The highest BCUT2D eigenvalue weighted by atomic mass is 32.2. The van der Waals surface area contributed by atoms with Gasteiger partial charge in [0.05, 0.1) is 0 Å². The lowest BCUT2D eigenvalue weighted by atomic mass is 10.0. The van der Waals surface area contributed by atoms with Gasteiger partial charge in [0, 0.05) is 35.1 Å². The minimum atomic E-state index is 0.0405. The molecule has 96 valence electrons. The SMILES string of the molecule is Nc1cc2c(cc1Sc1ncccn1)CCC(=O)N2. The number of aryl methyl sites for hydroxylation is 1. The second kappa shape index (κ2) is 4.89. The van der Waals surface area contributed by atoms with Crippen molar-refractivity contribution in [2.75, 3.05) is 11.1 Å². The van der Waals surface area contributed by atoms with E-state index in [0.29, 0.717) is 17.3 Å². The Morgan fingerprint density at radius 3 is 2.79 bits per heavy atom. The number of nitrogens with two attached hydrogens (primary N) is 1. The Morgan fingerprint density at radius 1 is 1.21 bits per heavy atom. The van der Waals surface area contributed by atoms with Crippen LogP contribution < -0.4 is 11.1 Å². The van der Waals surface area contributed by atoms with E-state index in [1.165, 1.54) is 11.8 Å². The summed E-state index contributed by atoms with van der Waals surface area (Å²) in [7, 11) is 0. The molecule has 1 aromatic heterocycles. The first-order chi connectivity index (χ1) is 9.22. The Bertz CT molecular complexity index is 630. The lowest BCUT2D eigenvalue weighted by molar-refractivity contribution is -0.116. The van der Waals surface area contributed by atoms with Crippen LogP contribution in [0, 0.1) is 0 Å². The number of fused-ring (bicyclic) bond motifs is 1. The number of hydrogen-bond acceptors (Lipinski definition) is 5. The zero-order valence-electron chi connectivity index (χ0n) is 10.1. The van der Waals surface area contributed by atoms with E-state index < -0.39 is 0 Å². The predicted octanol–water partition coefficient (Wildman–Crippen LogP) is 2.09. The van der Waals surface area contributed by atoms with Gasteiger partial charge in [-0.15, -0.1) is 0 Å². The molecule has 0 saturated carbocycles. The van der Waals surface area contributed by atoms with Crippen LogP contribution in [0.1, 0.15) is 12.0 Å². The van der Waals surface area contributed by atoms with Gasteiger partial charge in [0.15, 0.2) is 5.16 Å². The summed E-state index contributed by atoms with van der Waals surface area (Å²) in [6, 6.07) is 5.58. The first-order valence-corrected chi connectivity index (χ1v) is 6.71. The summed E-state index contributed by atoms with van der Waals surface area (Å²) in [5, 5.41) is 3.49. The van der Waals surface area contributed by atoms with Crippen molar-refractivity contribution in [2.45, 2.75) is 22.9 Å². The normalized spacial score (nSPS) is 13.8. The molecule has 2 aromatic rings. The van der Waals surface area contributed by atoms with E-state index in [9.17, 15) is 4.79 Å². The summed E-state index contributed by atoms with van der Waals surface area (Å²) in [5.74, 6) is 0.0405. The van der Waals surface area contributed by atoms with Crippen molar-refractivity contribution in [1.82, 2.24) is 9.97 Å². The van der Waals surface area contributed by atoms with E-state index in [0.717, 1.165) is 22.6 Å². The van der Waals surface area contributed by atoms with Gasteiger partial charge in [-0.25, -0.2) is 9.97 Å². The fourth-order valence-electron chi connectivity index (χ4n) is 1.95. The second-order valence-corrected chi connectivity index (χ2v) is 5.24. The number of nitrogen functional groups attached to an aromatic ring is 1. The Hall–Kier alpha value is -2.08. The maximum Gasteiger partial charge on any atom is 0.224 e. The lowest BCUT2D eigenvalue weighted by Gasteiger charge is -2.18. The molecule has 2 heterocycles. The third-order valence-corrected chi connectivity index (χ3v) is 3.84. The van der Waals surface area contributed by atoms with Gasteiger partial charge in [0.1, 0.15) is 0 Å². The van der Waals surface area contributed by atoms with Crippen molar-refractivity contribution in [3.63, 3.8) is 0 Å². The van der Waals surface area contributed by atoms with Crippen molar-refractivity contribution in [3.8, 4) is 0 Å². The van der Waals surface area contributed by atoms with Crippen molar-refractivity contribution >= 4 is 29.0 Å².